The minimum atomic E-state index is -4.21. The second-order valence-electron chi connectivity index (χ2n) is 3.90. The van der Waals surface area contributed by atoms with Crippen molar-refractivity contribution in [1.29, 1.82) is 0 Å². The van der Waals surface area contributed by atoms with Gasteiger partial charge in [-0.05, 0) is 12.1 Å². The second kappa shape index (κ2) is 5.37. The van der Waals surface area contributed by atoms with Crippen LogP contribution in [0.1, 0.15) is 5.82 Å². The van der Waals surface area contributed by atoms with E-state index in [2.05, 4.69) is 4.98 Å². The summed E-state index contributed by atoms with van der Waals surface area (Å²) in [4.78, 5) is 3.26. The maximum absolute atomic E-state index is 13.7. The van der Waals surface area contributed by atoms with Crippen molar-refractivity contribution in [3.05, 3.63) is 42.0 Å². The summed E-state index contributed by atoms with van der Waals surface area (Å²) in [6, 6.07) is 1.19. The lowest BCUT2D eigenvalue weighted by Gasteiger charge is -2.09. The summed E-state index contributed by atoms with van der Waals surface area (Å²) >= 11 is 0. The van der Waals surface area contributed by atoms with E-state index < -0.39 is 31.3 Å². The fraction of sp³-hybridized carbons (Fsp3) is 0.182. The Kier molecular flexibility index (Phi) is 3.96. The molecule has 0 aliphatic heterocycles. The van der Waals surface area contributed by atoms with Gasteiger partial charge < -0.3 is 9.30 Å². The lowest BCUT2D eigenvalue weighted by Crippen LogP contribution is -2.06. The highest BCUT2D eigenvalue weighted by molar-refractivity contribution is 8.13. The Morgan fingerprint density at radius 2 is 1.95 bits per heavy atom. The van der Waals surface area contributed by atoms with Crippen LogP contribution in [0.4, 0.5) is 8.78 Å². The molecule has 0 amide bonds. The van der Waals surface area contributed by atoms with E-state index in [1.54, 1.807) is 17.8 Å². The molecule has 0 radical (unpaired) electrons. The van der Waals surface area contributed by atoms with E-state index in [-0.39, 0.29) is 6.61 Å². The third-order valence-electron chi connectivity index (χ3n) is 2.52. The number of hydrogen-bond acceptors (Lipinski definition) is 4. The molecule has 0 saturated carbocycles. The van der Waals surface area contributed by atoms with Gasteiger partial charge in [0.15, 0.2) is 17.4 Å². The normalized spacial score (nSPS) is 11.6. The van der Waals surface area contributed by atoms with E-state index in [4.69, 9.17) is 15.4 Å². The van der Waals surface area contributed by atoms with Crippen molar-refractivity contribution in [3.8, 4) is 5.75 Å². The number of rotatable bonds is 4. The van der Waals surface area contributed by atoms with Crippen LogP contribution >= 0.6 is 10.7 Å². The first-order valence-corrected chi connectivity index (χ1v) is 7.62. The standard InChI is InChI=1S/C11H9ClF2N2O3S/c1-16-3-2-15-10(16)6-19-11-8(13)4-7(5-9(11)14)20(12,17)18/h2-5H,6H2,1H3. The molecule has 0 N–H and O–H groups in total. The number of aryl methyl sites for hydroxylation is 1. The van der Waals surface area contributed by atoms with Crippen LogP contribution in [0.2, 0.25) is 0 Å². The molecule has 2 aromatic rings. The molecule has 0 saturated heterocycles. The number of ether oxygens (including phenoxy) is 1. The molecule has 1 heterocycles. The fourth-order valence-corrected chi connectivity index (χ4v) is 2.24. The number of hydrogen-bond donors (Lipinski definition) is 0. The molecule has 2 rings (SSSR count). The van der Waals surface area contributed by atoms with E-state index in [1.807, 2.05) is 0 Å². The largest absolute Gasteiger partial charge is 0.480 e. The average molecular weight is 323 g/mol. The summed E-state index contributed by atoms with van der Waals surface area (Å²) in [6.07, 6.45) is 3.16. The Morgan fingerprint density at radius 3 is 2.40 bits per heavy atom. The zero-order valence-corrected chi connectivity index (χ0v) is 11.8. The molecule has 1 aromatic carbocycles. The van der Waals surface area contributed by atoms with Crippen LogP contribution in [0.3, 0.4) is 0 Å². The molecule has 0 aliphatic carbocycles. The van der Waals surface area contributed by atoms with Gasteiger partial charge in [0, 0.05) is 30.1 Å². The van der Waals surface area contributed by atoms with Gasteiger partial charge in [-0.15, -0.1) is 0 Å². The zero-order valence-electron chi connectivity index (χ0n) is 10.2. The third kappa shape index (κ3) is 3.07. The van der Waals surface area contributed by atoms with Crippen molar-refractivity contribution < 1.29 is 21.9 Å². The Bertz CT molecular complexity index is 723. The zero-order chi connectivity index (χ0) is 14.9. The van der Waals surface area contributed by atoms with Gasteiger partial charge >= 0.3 is 0 Å². The lowest BCUT2D eigenvalue weighted by molar-refractivity contribution is 0.262. The summed E-state index contributed by atoms with van der Waals surface area (Å²) < 4.78 is 55.9. The molecule has 0 unspecified atom stereocenters. The smallest absolute Gasteiger partial charge is 0.261 e. The van der Waals surface area contributed by atoms with E-state index in [1.165, 1.54) is 6.20 Å². The van der Waals surface area contributed by atoms with Crippen LogP contribution in [-0.4, -0.2) is 18.0 Å². The summed E-state index contributed by atoms with van der Waals surface area (Å²) in [5.41, 5.74) is 0. The number of imidazole rings is 1. The van der Waals surface area contributed by atoms with Crippen LogP contribution in [0.25, 0.3) is 0 Å². The second-order valence-corrected chi connectivity index (χ2v) is 6.46. The van der Waals surface area contributed by atoms with Gasteiger partial charge in [0.1, 0.15) is 12.4 Å². The third-order valence-corrected chi connectivity index (χ3v) is 3.85. The van der Waals surface area contributed by atoms with Crippen molar-refractivity contribution in [2.75, 3.05) is 0 Å². The Balaban J connectivity index is 2.27. The monoisotopic (exact) mass is 322 g/mol. The van der Waals surface area contributed by atoms with Gasteiger partial charge in [-0.1, -0.05) is 0 Å². The van der Waals surface area contributed by atoms with Crippen molar-refractivity contribution >= 4 is 19.7 Å². The predicted octanol–water partition coefficient (Wildman–Crippen LogP) is 2.20. The van der Waals surface area contributed by atoms with Crippen LogP contribution in [0.15, 0.2) is 29.4 Å². The van der Waals surface area contributed by atoms with Crippen LogP contribution in [0, 0.1) is 11.6 Å². The Labute approximate surface area is 118 Å². The van der Waals surface area contributed by atoms with Crippen LogP contribution in [-0.2, 0) is 22.7 Å². The summed E-state index contributed by atoms with van der Waals surface area (Å²) in [5, 5.41) is 0. The van der Waals surface area contributed by atoms with Crippen LogP contribution in [0.5, 0.6) is 5.75 Å². The summed E-state index contributed by atoms with van der Waals surface area (Å²) in [5.74, 6) is -2.54. The number of halogens is 3. The topological polar surface area (TPSA) is 61.2 Å². The Hall–Kier alpha value is -1.67. The maximum atomic E-state index is 13.7. The molecule has 1 aromatic heterocycles. The predicted molar refractivity (Wildman–Crippen MR) is 66.9 cm³/mol. The lowest BCUT2D eigenvalue weighted by atomic mass is 10.3. The van der Waals surface area contributed by atoms with Gasteiger partial charge in [0.2, 0.25) is 0 Å². The fourth-order valence-electron chi connectivity index (χ4n) is 1.49. The molecule has 5 nitrogen and oxygen atoms in total. The quantitative estimate of drug-likeness (QED) is 0.810. The van der Waals surface area contributed by atoms with E-state index in [0.29, 0.717) is 18.0 Å². The molecule has 0 atom stereocenters. The van der Waals surface area contributed by atoms with Crippen molar-refractivity contribution in [1.82, 2.24) is 9.55 Å². The molecule has 0 fully saturated rings. The number of nitrogens with zero attached hydrogens (tertiary/aromatic N) is 2. The molecule has 0 spiro atoms. The van der Waals surface area contributed by atoms with Gasteiger partial charge in [0.05, 0.1) is 4.90 Å². The molecule has 108 valence electrons. The summed E-state index contributed by atoms with van der Waals surface area (Å²) in [7, 11) is 2.51. The summed E-state index contributed by atoms with van der Waals surface area (Å²) in [6.45, 7) is -0.162. The molecule has 9 heteroatoms. The van der Waals surface area contributed by atoms with Gasteiger partial charge in [-0.25, -0.2) is 22.2 Å². The van der Waals surface area contributed by atoms with E-state index >= 15 is 0 Å². The Morgan fingerprint density at radius 1 is 1.35 bits per heavy atom. The first-order chi connectivity index (χ1) is 9.29. The average Bonchev–Trinajstić information content (AvgIpc) is 2.72. The van der Waals surface area contributed by atoms with Crippen molar-refractivity contribution in [3.63, 3.8) is 0 Å². The molecule has 0 bridgehead atoms. The highest BCUT2D eigenvalue weighted by Gasteiger charge is 2.19. The minimum Gasteiger partial charge on any atom is -0.480 e. The van der Waals surface area contributed by atoms with Crippen molar-refractivity contribution in [2.24, 2.45) is 7.05 Å². The first kappa shape index (κ1) is 14.7. The van der Waals surface area contributed by atoms with Gasteiger partial charge in [-0.2, -0.15) is 0 Å². The number of aromatic nitrogens is 2. The molecular weight excluding hydrogens is 314 g/mol. The SMILES string of the molecule is Cn1ccnc1COc1c(F)cc(S(=O)(=O)Cl)cc1F. The highest BCUT2D eigenvalue weighted by atomic mass is 35.7. The number of benzene rings is 1. The maximum Gasteiger partial charge on any atom is 0.261 e. The van der Waals surface area contributed by atoms with Gasteiger partial charge in [0.25, 0.3) is 9.05 Å². The van der Waals surface area contributed by atoms with E-state index in [0.717, 1.165) is 0 Å². The molecular formula is C11H9ClF2N2O3S. The first-order valence-electron chi connectivity index (χ1n) is 5.31. The molecule has 0 aliphatic rings. The molecule has 20 heavy (non-hydrogen) atoms. The van der Waals surface area contributed by atoms with Gasteiger partial charge in [-0.3, -0.25) is 0 Å². The van der Waals surface area contributed by atoms with E-state index in [9.17, 15) is 17.2 Å². The minimum absolute atomic E-state index is 0.162. The van der Waals surface area contributed by atoms with Crippen molar-refractivity contribution in [2.45, 2.75) is 11.5 Å². The highest BCUT2D eigenvalue weighted by Crippen LogP contribution is 2.27. The van der Waals surface area contributed by atoms with Crippen LogP contribution < -0.4 is 4.74 Å².